The van der Waals surface area contributed by atoms with Crippen LogP contribution in [0.2, 0.25) is 0 Å². The van der Waals surface area contributed by atoms with Crippen LogP contribution in [-0.2, 0) is 4.74 Å². The Morgan fingerprint density at radius 3 is 2.41 bits per heavy atom. The molecule has 3 rings (SSSR count). The lowest BCUT2D eigenvalue weighted by Gasteiger charge is -2.19. The molecule has 1 amide bonds. The summed E-state index contributed by atoms with van der Waals surface area (Å²) in [7, 11) is 0. The second kappa shape index (κ2) is 7.45. The molecule has 3 N–H and O–H groups in total. The molecular weight excluding hydrogens is 340 g/mol. The predicted octanol–water partition coefficient (Wildman–Crippen LogP) is 6.18. The van der Waals surface area contributed by atoms with Crippen molar-refractivity contribution >= 4 is 39.6 Å². The molecule has 0 aliphatic rings. The molecule has 6 nitrogen and oxygen atoms in total. The molecule has 3 aromatic carbocycles. The van der Waals surface area contributed by atoms with E-state index in [0.717, 1.165) is 16.5 Å². The molecule has 0 radical (unpaired) electrons. The maximum atomic E-state index is 11.8. The number of carbonyl (C=O) groups is 1. The van der Waals surface area contributed by atoms with Crippen LogP contribution in [0.3, 0.4) is 0 Å². The van der Waals surface area contributed by atoms with Crippen LogP contribution in [-0.4, -0.2) is 11.7 Å². The van der Waals surface area contributed by atoms with Gasteiger partial charge in [-0.2, -0.15) is 0 Å². The number of hydrogen-bond acceptors (Lipinski definition) is 5. The highest BCUT2D eigenvalue weighted by Gasteiger charge is 2.16. The normalized spacial score (nSPS) is 11.7. The summed E-state index contributed by atoms with van der Waals surface area (Å²) >= 11 is 0. The van der Waals surface area contributed by atoms with E-state index in [9.17, 15) is 4.79 Å². The van der Waals surface area contributed by atoms with Crippen LogP contribution in [0.4, 0.5) is 27.5 Å². The van der Waals surface area contributed by atoms with Crippen molar-refractivity contribution in [3.8, 4) is 0 Å². The Balaban J connectivity index is 1.78. The van der Waals surface area contributed by atoms with Crippen LogP contribution < -0.4 is 11.1 Å². The number of azo groups is 1. The Kier molecular flexibility index (Phi) is 5.07. The van der Waals surface area contributed by atoms with Crippen molar-refractivity contribution in [1.29, 1.82) is 0 Å². The van der Waals surface area contributed by atoms with E-state index >= 15 is 0 Å². The summed E-state index contributed by atoms with van der Waals surface area (Å²) < 4.78 is 5.23. The van der Waals surface area contributed by atoms with Crippen molar-refractivity contribution < 1.29 is 9.53 Å². The number of carbonyl (C=O) groups excluding carboxylic acids is 1. The number of benzene rings is 3. The number of hydrogen-bond donors (Lipinski definition) is 2. The van der Waals surface area contributed by atoms with E-state index in [1.807, 2.05) is 42.5 Å². The molecule has 0 saturated heterocycles. The Hall–Kier alpha value is -3.41. The molecule has 0 aromatic heterocycles. The fourth-order valence-electron chi connectivity index (χ4n) is 2.55. The number of amides is 1. The van der Waals surface area contributed by atoms with Crippen molar-refractivity contribution in [2.24, 2.45) is 10.2 Å². The Morgan fingerprint density at radius 2 is 1.67 bits per heavy atom. The van der Waals surface area contributed by atoms with Gasteiger partial charge in [-0.25, -0.2) is 4.79 Å². The summed E-state index contributed by atoms with van der Waals surface area (Å²) in [6, 6.07) is 18.9. The van der Waals surface area contributed by atoms with Gasteiger partial charge in [0.2, 0.25) is 0 Å². The second-order valence-corrected chi connectivity index (χ2v) is 7.10. The molecule has 6 heteroatoms. The number of ether oxygens (including phenoxy) is 1. The summed E-state index contributed by atoms with van der Waals surface area (Å²) in [6.45, 7) is 5.41. The van der Waals surface area contributed by atoms with Gasteiger partial charge in [-0.05, 0) is 50.4 Å². The van der Waals surface area contributed by atoms with E-state index in [0.29, 0.717) is 17.1 Å². The molecule has 0 fully saturated rings. The first kappa shape index (κ1) is 18.4. The van der Waals surface area contributed by atoms with Crippen LogP contribution in [0.5, 0.6) is 0 Å². The number of fused-ring (bicyclic) bond motifs is 1. The monoisotopic (exact) mass is 362 g/mol. The van der Waals surface area contributed by atoms with Crippen molar-refractivity contribution in [3.05, 3.63) is 60.7 Å². The van der Waals surface area contributed by atoms with Crippen LogP contribution in [0.15, 0.2) is 70.9 Å². The SMILES string of the molecule is CC(C)(C)OC(=O)Nc1ccc(N=Nc2cccc3ccccc23)c(N)c1. The first-order valence-electron chi connectivity index (χ1n) is 8.61. The summed E-state index contributed by atoms with van der Waals surface area (Å²) in [6.07, 6.45) is -0.535. The standard InChI is InChI=1S/C21H22N4O2/c1-21(2,3)27-20(26)23-15-11-12-19(17(22)13-15)25-24-18-10-6-8-14-7-4-5-9-16(14)18/h4-13H,22H2,1-3H3,(H,23,26). The third-order valence-electron chi connectivity index (χ3n) is 3.70. The maximum absolute atomic E-state index is 11.8. The van der Waals surface area contributed by atoms with Gasteiger partial charge in [0.15, 0.2) is 0 Å². The lowest BCUT2D eigenvalue weighted by Crippen LogP contribution is -2.27. The van der Waals surface area contributed by atoms with Crippen molar-refractivity contribution in [2.75, 3.05) is 11.1 Å². The zero-order valence-corrected chi connectivity index (χ0v) is 15.6. The first-order chi connectivity index (χ1) is 12.8. The predicted molar refractivity (Wildman–Crippen MR) is 109 cm³/mol. The minimum Gasteiger partial charge on any atom is -0.444 e. The number of nitrogens with zero attached hydrogens (tertiary/aromatic N) is 2. The molecule has 3 aromatic rings. The number of nitrogen functional groups attached to an aromatic ring is 1. The van der Waals surface area contributed by atoms with E-state index in [1.54, 1.807) is 39.0 Å². The smallest absolute Gasteiger partial charge is 0.412 e. The van der Waals surface area contributed by atoms with E-state index in [4.69, 9.17) is 10.5 Å². The molecule has 0 bridgehead atoms. The van der Waals surface area contributed by atoms with Gasteiger partial charge in [0, 0.05) is 11.1 Å². The molecule has 0 saturated carbocycles. The van der Waals surface area contributed by atoms with E-state index in [1.165, 1.54) is 0 Å². The summed E-state index contributed by atoms with van der Waals surface area (Å²) in [5, 5.41) is 13.4. The van der Waals surface area contributed by atoms with Gasteiger partial charge in [-0.1, -0.05) is 36.4 Å². The highest BCUT2D eigenvalue weighted by Crippen LogP contribution is 2.30. The van der Waals surface area contributed by atoms with Gasteiger partial charge in [-0.15, -0.1) is 10.2 Å². The topological polar surface area (TPSA) is 89.1 Å². The van der Waals surface area contributed by atoms with Gasteiger partial charge in [0.05, 0.1) is 11.4 Å². The molecule has 0 aliphatic carbocycles. The molecule has 0 unspecified atom stereocenters. The van der Waals surface area contributed by atoms with Crippen molar-refractivity contribution in [2.45, 2.75) is 26.4 Å². The largest absolute Gasteiger partial charge is 0.444 e. The van der Waals surface area contributed by atoms with E-state index < -0.39 is 11.7 Å². The molecule has 27 heavy (non-hydrogen) atoms. The van der Waals surface area contributed by atoms with Crippen LogP contribution in [0.1, 0.15) is 20.8 Å². The lowest BCUT2D eigenvalue weighted by molar-refractivity contribution is 0.0636. The first-order valence-corrected chi connectivity index (χ1v) is 8.61. The fourth-order valence-corrected chi connectivity index (χ4v) is 2.55. The molecule has 0 atom stereocenters. The van der Waals surface area contributed by atoms with Gasteiger partial charge >= 0.3 is 6.09 Å². The number of nitrogens with two attached hydrogens (primary N) is 1. The van der Waals surface area contributed by atoms with E-state index in [2.05, 4.69) is 15.5 Å². The van der Waals surface area contributed by atoms with Crippen LogP contribution in [0.25, 0.3) is 10.8 Å². The highest BCUT2D eigenvalue weighted by atomic mass is 16.6. The molecule has 138 valence electrons. The van der Waals surface area contributed by atoms with Gasteiger partial charge < -0.3 is 10.5 Å². The van der Waals surface area contributed by atoms with Crippen LogP contribution in [0, 0.1) is 0 Å². The third-order valence-corrected chi connectivity index (χ3v) is 3.70. The Labute approximate surface area is 158 Å². The number of anilines is 2. The summed E-state index contributed by atoms with van der Waals surface area (Å²) in [5.41, 5.74) is 7.72. The van der Waals surface area contributed by atoms with Crippen LogP contribution >= 0.6 is 0 Å². The summed E-state index contributed by atoms with van der Waals surface area (Å²) in [5.74, 6) is 0. The van der Waals surface area contributed by atoms with Gasteiger partial charge in [0.1, 0.15) is 11.3 Å². The maximum Gasteiger partial charge on any atom is 0.412 e. The zero-order valence-electron chi connectivity index (χ0n) is 15.6. The quantitative estimate of drug-likeness (QED) is 0.430. The molecule has 0 aliphatic heterocycles. The number of rotatable bonds is 3. The molecule has 0 heterocycles. The van der Waals surface area contributed by atoms with Crippen molar-refractivity contribution in [3.63, 3.8) is 0 Å². The van der Waals surface area contributed by atoms with Gasteiger partial charge in [0.25, 0.3) is 0 Å². The average Bonchev–Trinajstić information content (AvgIpc) is 2.59. The number of nitrogens with one attached hydrogen (secondary N) is 1. The third kappa shape index (κ3) is 4.82. The summed E-state index contributed by atoms with van der Waals surface area (Å²) in [4.78, 5) is 11.8. The minimum atomic E-state index is -0.567. The van der Waals surface area contributed by atoms with Gasteiger partial charge in [-0.3, -0.25) is 5.32 Å². The highest BCUT2D eigenvalue weighted by molar-refractivity contribution is 5.92. The average molecular weight is 362 g/mol. The Morgan fingerprint density at radius 1 is 0.963 bits per heavy atom. The Bertz CT molecular complexity index is 1000. The fraction of sp³-hybridized carbons (Fsp3) is 0.190. The van der Waals surface area contributed by atoms with Crippen molar-refractivity contribution in [1.82, 2.24) is 0 Å². The van der Waals surface area contributed by atoms with E-state index in [-0.39, 0.29) is 0 Å². The second-order valence-electron chi connectivity index (χ2n) is 7.10. The molecule has 0 spiro atoms. The molecular formula is C21H22N4O2. The lowest BCUT2D eigenvalue weighted by atomic mass is 10.1. The zero-order chi connectivity index (χ0) is 19.4. The minimum absolute atomic E-state index is 0.410.